The lowest BCUT2D eigenvalue weighted by Crippen LogP contribution is -2.28. The number of aliphatic carboxylic acids is 1. The fourth-order valence-corrected chi connectivity index (χ4v) is 5.93. The molecule has 0 rings (SSSR count). The summed E-state index contributed by atoms with van der Waals surface area (Å²) in [4.78, 5) is 34.8. The molecular formula is C38H73NO5. The van der Waals surface area contributed by atoms with Crippen molar-refractivity contribution < 1.29 is 24.2 Å². The van der Waals surface area contributed by atoms with Crippen molar-refractivity contribution in [2.45, 2.75) is 219 Å². The van der Waals surface area contributed by atoms with Crippen molar-refractivity contribution in [1.29, 1.82) is 0 Å². The number of rotatable bonds is 35. The van der Waals surface area contributed by atoms with E-state index in [2.05, 4.69) is 19.2 Å². The van der Waals surface area contributed by atoms with E-state index in [0.29, 0.717) is 12.8 Å². The lowest BCUT2D eigenvalue weighted by molar-refractivity contribution is -0.150. The number of nitrogens with one attached hydrogen (secondary N) is 1. The average Bonchev–Trinajstić information content (AvgIpc) is 3.00. The smallest absolute Gasteiger partial charge is 0.322 e. The molecule has 0 spiro atoms. The molecule has 2 N–H and O–H groups in total. The van der Waals surface area contributed by atoms with Crippen molar-refractivity contribution in [3.05, 3.63) is 0 Å². The lowest BCUT2D eigenvalue weighted by atomic mass is 10.0. The van der Waals surface area contributed by atoms with Crippen molar-refractivity contribution in [3.63, 3.8) is 0 Å². The van der Waals surface area contributed by atoms with Crippen molar-refractivity contribution in [3.8, 4) is 0 Å². The van der Waals surface area contributed by atoms with Crippen molar-refractivity contribution >= 4 is 17.8 Å². The molecule has 0 heterocycles. The first-order valence-corrected chi connectivity index (χ1v) is 19.2. The molecule has 260 valence electrons. The number of amides is 1. The van der Waals surface area contributed by atoms with E-state index in [1.807, 2.05) is 0 Å². The number of unbranched alkanes of at least 4 members (excludes halogenated alkanes) is 24. The summed E-state index contributed by atoms with van der Waals surface area (Å²) in [6.07, 6.45) is 36.4. The summed E-state index contributed by atoms with van der Waals surface area (Å²) in [7, 11) is 0. The molecule has 0 bridgehead atoms. The zero-order valence-corrected chi connectivity index (χ0v) is 29.3. The van der Waals surface area contributed by atoms with Gasteiger partial charge in [-0.1, -0.05) is 162 Å². The van der Waals surface area contributed by atoms with E-state index < -0.39 is 5.97 Å². The van der Waals surface area contributed by atoms with Crippen LogP contribution in [0.5, 0.6) is 0 Å². The molecule has 44 heavy (non-hydrogen) atoms. The summed E-state index contributed by atoms with van der Waals surface area (Å²) >= 11 is 0. The van der Waals surface area contributed by atoms with Gasteiger partial charge >= 0.3 is 11.9 Å². The van der Waals surface area contributed by atoms with Gasteiger partial charge in [-0.15, -0.1) is 0 Å². The molecule has 6 heteroatoms. The Morgan fingerprint density at radius 3 is 1.23 bits per heavy atom. The van der Waals surface area contributed by atoms with Gasteiger partial charge in [0, 0.05) is 12.8 Å². The van der Waals surface area contributed by atoms with Gasteiger partial charge in [0.25, 0.3) is 0 Å². The summed E-state index contributed by atoms with van der Waals surface area (Å²) in [6.45, 7) is 4.22. The number of carboxylic acids is 1. The van der Waals surface area contributed by atoms with Gasteiger partial charge in [0.1, 0.15) is 12.6 Å². The van der Waals surface area contributed by atoms with Crippen LogP contribution < -0.4 is 5.32 Å². The minimum absolute atomic E-state index is 0.0126. The van der Waals surface area contributed by atoms with E-state index in [-0.39, 0.29) is 24.5 Å². The monoisotopic (exact) mass is 624 g/mol. The van der Waals surface area contributed by atoms with Gasteiger partial charge in [0.05, 0.1) is 0 Å². The number of hydrogen-bond donors (Lipinski definition) is 2. The maximum Gasteiger partial charge on any atom is 0.322 e. The molecule has 0 aromatic carbocycles. The largest absolute Gasteiger partial charge is 0.480 e. The summed E-state index contributed by atoms with van der Waals surface area (Å²) in [5, 5.41) is 11.1. The van der Waals surface area contributed by atoms with E-state index >= 15 is 0 Å². The quantitative estimate of drug-likeness (QED) is 0.0541. The van der Waals surface area contributed by atoms with Crippen LogP contribution in [-0.2, 0) is 19.1 Å². The van der Waals surface area contributed by atoms with Crippen LogP contribution in [0.15, 0.2) is 0 Å². The van der Waals surface area contributed by atoms with E-state index in [0.717, 1.165) is 64.2 Å². The van der Waals surface area contributed by atoms with E-state index in [4.69, 9.17) is 9.84 Å². The highest BCUT2D eigenvalue weighted by atomic mass is 16.5. The summed E-state index contributed by atoms with van der Waals surface area (Å²) < 4.78 is 6.00. The van der Waals surface area contributed by atoms with Crippen molar-refractivity contribution in [2.75, 3.05) is 6.54 Å². The molecule has 1 unspecified atom stereocenters. The molecule has 6 nitrogen and oxygen atoms in total. The average molecular weight is 624 g/mol. The molecule has 0 aliphatic rings. The second kappa shape index (κ2) is 34.3. The summed E-state index contributed by atoms with van der Waals surface area (Å²) in [5.74, 6) is -1.22. The SMILES string of the molecule is CCCCCCCCCCCCCCCC(=O)OC(CCCCCCCCCCC)CCCCCCCC(=O)NCC(=O)O. The first-order valence-electron chi connectivity index (χ1n) is 19.2. The third kappa shape index (κ3) is 33.3. The topological polar surface area (TPSA) is 92.7 Å². The number of hydrogen-bond acceptors (Lipinski definition) is 4. The predicted octanol–water partition coefficient (Wildman–Crippen LogP) is 11.2. The van der Waals surface area contributed by atoms with Crippen LogP contribution in [0.25, 0.3) is 0 Å². The highest BCUT2D eigenvalue weighted by molar-refractivity contribution is 5.80. The Balaban J connectivity index is 4.09. The Morgan fingerprint density at radius 2 is 0.841 bits per heavy atom. The maximum atomic E-state index is 12.7. The highest BCUT2D eigenvalue weighted by Crippen LogP contribution is 2.19. The van der Waals surface area contributed by atoms with Gasteiger partial charge in [-0.05, 0) is 38.5 Å². The summed E-state index contributed by atoms with van der Waals surface area (Å²) in [5.41, 5.74) is 0. The number of esters is 1. The molecule has 0 saturated heterocycles. The van der Waals surface area contributed by atoms with Gasteiger partial charge in [-0.2, -0.15) is 0 Å². The van der Waals surface area contributed by atoms with Crippen molar-refractivity contribution in [2.24, 2.45) is 0 Å². The second-order valence-electron chi connectivity index (χ2n) is 13.2. The third-order valence-electron chi connectivity index (χ3n) is 8.78. The highest BCUT2D eigenvalue weighted by Gasteiger charge is 2.14. The molecule has 0 aromatic rings. The zero-order chi connectivity index (χ0) is 32.4. The number of ether oxygens (including phenoxy) is 1. The summed E-state index contributed by atoms with van der Waals surface area (Å²) in [6, 6.07) is 0. The Labute approximate surface area is 272 Å². The second-order valence-corrected chi connectivity index (χ2v) is 13.2. The van der Waals surface area contributed by atoms with Gasteiger partial charge in [-0.3, -0.25) is 14.4 Å². The molecule has 0 saturated carbocycles. The Hall–Kier alpha value is -1.59. The van der Waals surface area contributed by atoms with Crippen LogP contribution in [0.1, 0.15) is 213 Å². The Kier molecular flexibility index (Phi) is 33.0. The van der Waals surface area contributed by atoms with E-state index in [9.17, 15) is 14.4 Å². The molecule has 1 amide bonds. The Morgan fingerprint density at radius 1 is 0.500 bits per heavy atom. The van der Waals surface area contributed by atoms with Crippen LogP contribution in [0.4, 0.5) is 0 Å². The maximum absolute atomic E-state index is 12.7. The third-order valence-corrected chi connectivity index (χ3v) is 8.78. The van der Waals surface area contributed by atoms with E-state index in [1.165, 1.54) is 122 Å². The molecule has 0 radical (unpaired) electrons. The van der Waals surface area contributed by atoms with Gasteiger partial charge in [0.2, 0.25) is 5.91 Å². The fraction of sp³-hybridized carbons (Fsp3) is 0.921. The van der Waals surface area contributed by atoms with Crippen LogP contribution in [0.2, 0.25) is 0 Å². The first kappa shape index (κ1) is 42.4. The van der Waals surface area contributed by atoms with Crippen LogP contribution in [0, 0.1) is 0 Å². The molecule has 0 aliphatic heterocycles. The number of carbonyl (C=O) groups is 3. The van der Waals surface area contributed by atoms with Crippen molar-refractivity contribution in [1.82, 2.24) is 5.32 Å². The fourth-order valence-electron chi connectivity index (χ4n) is 5.93. The molecule has 0 aromatic heterocycles. The van der Waals surface area contributed by atoms with Crippen LogP contribution >= 0.6 is 0 Å². The van der Waals surface area contributed by atoms with Crippen LogP contribution in [0.3, 0.4) is 0 Å². The minimum Gasteiger partial charge on any atom is -0.480 e. The van der Waals surface area contributed by atoms with Gasteiger partial charge in [0.15, 0.2) is 0 Å². The minimum atomic E-state index is -1.01. The first-order chi connectivity index (χ1) is 21.5. The Bertz CT molecular complexity index is 653. The lowest BCUT2D eigenvalue weighted by Gasteiger charge is -2.18. The standard InChI is InChI=1S/C38H73NO5/c1-3-5-7-9-11-13-14-15-16-18-20-25-29-33-38(43)44-35(30-26-22-19-17-12-10-8-6-4-2)31-27-23-21-24-28-32-36(40)39-34-37(41)42/h35H,3-34H2,1-2H3,(H,39,40)(H,41,42). The molecular weight excluding hydrogens is 550 g/mol. The van der Waals surface area contributed by atoms with Crippen LogP contribution in [-0.4, -0.2) is 35.6 Å². The van der Waals surface area contributed by atoms with E-state index in [1.54, 1.807) is 0 Å². The predicted molar refractivity (Wildman–Crippen MR) is 185 cm³/mol. The van der Waals surface area contributed by atoms with Gasteiger partial charge in [-0.25, -0.2) is 0 Å². The van der Waals surface area contributed by atoms with Gasteiger partial charge < -0.3 is 15.2 Å². The number of carbonyl (C=O) groups excluding carboxylic acids is 2. The molecule has 0 aliphatic carbocycles. The normalized spacial score (nSPS) is 11.9. The zero-order valence-electron chi connectivity index (χ0n) is 29.3. The molecule has 0 fully saturated rings. The number of carboxylic acid groups (broad SMARTS) is 1. The molecule has 1 atom stereocenters.